The Hall–Kier alpha value is -1.32. The van der Waals surface area contributed by atoms with Gasteiger partial charge in [0.05, 0.1) is 0 Å². The van der Waals surface area contributed by atoms with Crippen molar-refractivity contribution >= 4 is 11.6 Å². The molecule has 0 aromatic carbocycles. The molecule has 0 aliphatic heterocycles. The fraction of sp³-hybridized carbons (Fsp3) is 0.692. The van der Waals surface area contributed by atoms with Crippen LogP contribution in [0.25, 0.3) is 0 Å². The summed E-state index contributed by atoms with van der Waals surface area (Å²) >= 11 is 0. The molecule has 0 amide bonds. The molecule has 0 fully saturated rings. The summed E-state index contributed by atoms with van der Waals surface area (Å²) in [7, 11) is 0. The molecule has 0 saturated carbocycles. The Kier molecular flexibility index (Phi) is 5.19. The van der Waals surface area contributed by atoms with Gasteiger partial charge in [0, 0.05) is 18.7 Å². The Bertz CT molecular complexity index is 347. The van der Waals surface area contributed by atoms with Gasteiger partial charge in [-0.3, -0.25) is 0 Å². The summed E-state index contributed by atoms with van der Waals surface area (Å²) in [5.74, 6) is 3.29. The van der Waals surface area contributed by atoms with Gasteiger partial charge in [0.2, 0.25) is 0 Å². The smallest absolute Gasteiger partial charge is 0.131 e. The molecule has 0 aliphatic carbocycles. The van der Waals surface area contributed by atoms with Crippen molar-refractivity contribution < 1.29 is 0 Å². The zero-order chi connectivity index (χ0) is 12.8. The van der Waals surface area contributed by atoms with Crippen LogP contribution in [0, 0.1) is 12.8 Å². The first-order valence-corrected chi connectivity index (χ1v) is 6.33. The zero-order valence-electron chi connectivity index (χ0n) is 11.5. The van der Waals surface area contributed by atoms with Gasteiger partial charge in [-0.15, -0.1) is 0 Å². The van der Waals surface area contributed by atoms with Gasteiger partial charge >= 0.3 is 0 Å². The van der Waals surface area contributed by atoms with Crippen LogP contribution in [0.3, 0.4) is 0 Å². The van der Waals surface area contributed by atoms with Gasteiger partial charge in [-0.1, -0.05) is 13.8 Å². The van der Waals surface area contributed by atoms with Crippen LogP contribution in [-0.2, 0) is 0 Å². The van der Waals surface area contributed by atoms with Crippen molar-refractivity contribution in [3.05, 3.63) is 11.9 Å². The molecule has 1 aromatic heterocycles. The summed E-state index contributed by atoms with van der Waals surface area (Å²) < 4.78 is 0. The van der Waals surface area contributed by atoms with E-state index in [1.54, 1.807) is 0 Å². The van der Waals surface area contributed by atoms with Crippen molar-refractivity contribution in [2.24, 2.45) is 5.92 Å². The number of hydrogen-bond acceptors (Lipinski definition) is 4. The van der Waals surface area contributed by atoms with Crippen LogP contribution >= 0.6 is 0 Å². The van der Waals surface area contributed by atoms with Gasteiger partial charge in [-0.05, 0) is 33.1 Å². The Morgan fingerprint density at radius 1 is 1.12 bits per heavy atom. The molecule has 0 saturated heterocycles. The van der Waals surface area contributed by atoms with Crippen LogP contribution in [0.1, 0.15) is 39.9 Å². The third-order valence-electron chi connectivity index (χ3n) is 2.30. The number of aromatic nitrogens is 2. The van der Waals surface area contributed by atoms with Crippen molar-refractivity contribution in [2.45, 2.75) is 47.1 Å². The van der Waals surface area contributed by atoms with Crippen molar-refractivity contribution in [3.8, 4) is 0 Å². The molecule has 0 unspecified atom stereocenters. The summed E-state index contributed by atoms with van der Waals surface area (Å²) in [6.45, 7) is 11.5. The second-order valence-corrected chi connectivity index (χ2v) is 5.09. The average Bonchev–Trinajstić information content (AvgIpc) is 2.14. The van der Waals surface area contributed by atoms with E-state index in [0.29, 0.717) is 12.0 Å². The Morgan fingerprint density at radius 3 is 2.35 bits per heavy atom. The van der Waals surface area contributed by atoms with E-state index in [9.17, 15) is 0 Å². The van der Waals surface area contributed by atoms with E-state index >= 15 is 0 Å². The summed E-state index contributed by atoms with van der Waals surface area (Å²) in [6, 6.07) is 2.35. The van der Waals surface area contributed by atoms with E-state index in [-0.39, 0.29) is 0 Å². The Labute approximate surface area is 104 Å². The van der Waals surface area contributed by atoms with Crippen molar-refractivity contribution in [2.75, 3.05) is 17.2 Å². The monoisotopic (exact) mass is 236 g/mol. The number of rotatable bonds is 6. The van der Waals surface area contributed by atoms with Gasteiger partial charge < -0.3 is 10.6 Å². The molecule has 17 heavy (non-hydrogen) atoms. The van der Waals surface area contributed by atoms with Gasteiger partial charge in [-0.25, -0.2) is 9.97 Å². The fourth-order valence-corrected chi connectivity index (χ4v) is 1.52. The van der Waals surface area contributed by atoms with Crippen LogP contribution in [0.15, 0.2) is 6.07 Å². The quantitative estimate of drug-likeness (QED) is 0.797. The Morgan fingerprint density at radius 2 is 1.76 bits per heavy atom. The molecule has 4 heteroatoms. The summed E-state index contributed by atoms with van der Waals surface area (Å²) in [4.78, 5) is 8.73. The minimum Gasteiger partial charge on any atom is -0.370 e. The highest BCUT2D eigenvalue weighted by molar-refractivity contribution is 5.47. The van der Waals surface area contributed by atoms with Crippen LogP contribution in [-0.4, -0.2) is 22.6 Å². The minimum absolute atomic E-state index is 0.382. The lowest BCUT2D eigenvalue weighted by Gasteiger charge is -2.12. The number of aryl methyl sites for hydroxylation is 1. The first-order valence-electron chi connectivity index (χ1n) is 6.33. The predicted molar refractivity (Wildman–Crippen MR) is 73.5 cm³/mol. The largest absolute Gasteiger partial charge is 0.370 e. The first-order chi connectivity index (χ1) is 7.97. The summed E-state index contributed by atoms with van der Waals surface area (Å²) in [5.41, 5.74) is 0. The molecule has 0 atom stereocenters. The van der Waals surface area contributed by atoms with Gasteiger partial charge in [-0.2, -0.15) is 0 Å². The van der Waals surface area contributed by atoms with Crippen molar-refractivity contribution in [1.29, 1.82) is 0 Å². The molecule has 0 bridgehead atoms. The molecule has 1 rings (SSSR count). The lowest BCUT2D eigenvalue weighted by Crippen LogP contribution is -2.13. The van der Waals surface area contributed by atoms with Crippen LogP contribution in [0.2, 0.25) is 0 Å². The molecular weight excluding hydrogens is 212 g/mol. The summed E-state index contributed by atoms with van der Waals surface area (Å²) in [5, 5.41) is 6.63. The third-order valence-corrected chi connectivity index (χ3v) is 2.30. The van der Waals surface area contributed by atoms with Gasteiger partial charge in [0.25, 0.3) is 0 Å². The third kappa shape index (κ3) is 5.52. The molecule has 1 heterocycles. The van der Waals surface area contributed by atoms with E-state index in [1.807, 2.05) is 13.0 Å². The highest BCUT2D eigenvalue weighted by Crippen LogP contribution is 2.12. The summed E-state index contributed by atoms with van der Waals surface area (Å²) in [6.07, 6.45) is 1.15. The molecule has 2 N–H and O–H groups in total. The maximum atomic E-state index is 4.38. The second-order valence-electron chi connectivity index (χ2n) is 5.09. The molecule has 4 nitrogen and oxygen atoms in total. The molecule has 0 spiro atoms. The number of hydrogen-bond donors (Lipinski definition) is 2. The minimum atomic E-state index is 0.382. The topological polar surface area (TPSA) is 49.8 Å². The standard InChI is InChI=1S/C13H24N4/c1-9(2)6-7-14-12-8-13(15-10(3)4)17-11(5)16-12/h8-10H,6-7H2,1-5H3,(H2,14,15,16,17). The van der Waals surface area contributed by atoms with Crippen LogP contribution in [0.5, 0.6) is 0 Å². The predicted octanol–water partition coefficient (Wildman–Crippen LogP) is 3.06. The van der Waals surface area contributed by atoms with E-state index < -0.39 is 0 Å². The SMILES string of the molecule is Cc1nc(NCCC(C)C)cc(NC(C)C)n1. The lowest BCUT2D eigenvalue weighted by molar-refractivity contribution is 0.606. The van der Waals surface area contributed by atoms with Gasteiger partial charge in [0.15, 0.2) is 0 Å². The maximum Gasteiger partial charge on any atom is 0.131 e. The lowest BCUT2D eigenvalue weighted by atomic mass is 10.1. The maximum absolute atomic E-state index is 4.38. The molecule has 0 radical (unpaired) electrons. The highest BCUT2D eigenvalue weighted by atomic mass is 15.1. The molecular formula is C13H24N4. The zero-order valence-corrected chi connectivity index (χ0v) is 11.5. The number of nitrogens with one attached hydrogen (secondary N) is 2. The van der Waals surface area contributed by atoms with Crippen molar-refractivity contribution in [1.82, 2.24) is 9.97 Å². The molecule has 0 aliphatic rings. The first kappa shape index (κ1) is 13.7. The Balaban J connectivity index is 2.62. The second kappa shape index (κ2) is 6.42. The molecule has 96 valence electrons. The number of nitrogens with zero attached hydrogens (tertiary/aromatic N) is 2. The van der Waals surface area contributed by atoms with Crippen LogP contribution < -0.4 is 10.6 Å². The number of anilines is 2. The van der Waals surface area contributed by atoms with E-state index in [2.05, 4.69) is 48.3 Å². The normalized spacial score (nSPS) is 11.0. The highest BCUT2D eigenvalue weighted by Gasteiger charge is 2.03. The van der Waals surface area contributed by atoms with Crippen LogP contribution in [0.4, 0.5) is 11.6 Å². The van der Waals surface area contributed by atoms with Gasteiger partial charge in [0.1, 0.15) is 17.5 Å². The van der Waals surface area contributed by atoms with E-state index in [4.69, 9.17) is 0 Å². The average molecular weight is 236 g/mol. The van der Waals surface area contributed by atoms with E-state index in [1.165, 1.54) is 0 Å². The molecule has 1 aromatic rings. The fourth-order valence-electron chi connectivity index (χ4n) is 1.52. The van der Waals surface area contributed by atoms with Crippen molar-refractivity contribution in [3.63, 3.8) is 0 Å². The van der Waals surface area contributed by atoms with E-state index in [0.717, 1.165) is 30.4 Å².